The average Bonchev–Trinajstić information content (AvgIpc) is 3.08. The van der Waals surface area contributed by atoms with Crippen molar-refractivity contribution in [3.05, 3.63) is 29.8 Å². The van der Waals surface area contributed by atoms with E-state index in [2.05, 4.69) is 40.6 Å². The van der Waals surface area contributed by atoms with Gasteiger partial charge >= 0.3 is 0 Å². The third-order valence-corrected chi connectivity index (χ3v) is 6.14. The lowest BCUT2D eigenvalue weighted by molar-refractivity contribution is -0.120. The van der Waals surface area contributed by atoms with E-state index in [1.54, 1.807) is 0 Å². The third-order valence-electron chi connectivity index (χ3n) is 4.69. The fourth-order valence-electron chi connectivity index (χ4n) is 3.34. The molecular weight excluding hydrogens is 292 g/mol. The quantitative estimate of drug-likeness (QED) is 0.867. The van der Waals surface area contributed by atoms with Crippen molar-refractivity contribution in [3.8, 4) is 0 Å². The van der Waals surface area contributed by atoms with E-state index in [9.17, 15) is 4.79 Å². The fraction of sp³-hybridized carbons (Fsp3) is 0.611. The lowest BCUT2D eigenvalue weighted by Gasteiger charge is -2.21. The van der Waals surface area contributed by atoms with E-state index in [4.69, 9.17) is 0 Å². The highest BCUT2D eigenvalue weighted by Crippen LogP contribution is 2.32. The number of piperidine rings is 1. The molecule has 0 bridgehead atoms. The van der Waals surface area contributed by atoms with Crippen molar-refractivity contribution in [2.24, 2.45) is 5.92 Å². The molecule has 22 heavy (non-hydrogen) atoms. The normalized spacial score (nSPS) is 20.2. The first kappa shape index (κ1) is 15.9. The van der Waals surface area contributed by atoms with Crippen LogP contribution in [-0.2, 0) is 10.5 Å². The molecule has 2 N–H and O–H groups in total. The standard InChI is InChI=1S/C18H26N2OS/c21-18(15-8-10-19-11-9-15)20-16-5-3-4-14(12-16)13-22-17-6-1-2-7-17/h3-5,12,15,17,19H,1-2,6-11,13H2,(H,20,21). The van der Waals surface area contributed by atoms with Gasteiger partial charge in [0, 0.05) is 22.6 Å². The van der Waals surface area contributed by atoms with Gasteiger partial charge in [-0.1, -0.05) is 25.0 Å². The molecule has 1 amide bonds. The van der Waals surface area contributed by atoms with E-state index in [1.807, 2.05) is 6.07 Å². The van der Waals surface area contributed by atoms with Crippen LogP contribution < -0.4 is 10.6 Å². The highest BCUT2D eigenvalue weighted by atomic mass is 32.2. The number of carbonyl (C=O) groups excluding carboxylic acids is 1. The first-order valence-corrected chi connectivity index (χ1v) is 9.58. The summed E-state index contributed by atoms with van der Waals surface area (Å²) < 4.78 is 0. The Hall–Kier alpha value is -1.00. The van der Waals surface area contributed by atoms with Crippen LogP contribution in [0.3, 0.4) is 0 Å². The molecule has 3 nitrogen and oxygen atoms in total. The van der Waals surface area contributed by atoms with Gasteiger partial charge in [0.25, 0.3) is 0 Å². The van der Waals surface area contributed by atoms with Crippen LogP contribution in [-0.4, -0.2) is 24.2 Å². The molecular formula is C18H26N2OS. The van der Waals surface area contributed by atoms with E-state index in [-0.39, 0.29) is 11.8 Å². The first-order valence-electron chi connectivity index (χ1n) is 8.53. The lowest BCUT2D eigenvalue weighted by Crippen LogP contribution is -2.34. The highest BCUT2D eigenvalue weighted by Gasteiger charge is 2.21. The smallest absolute Gasteiger partial charge is 0.227 e. The lowest BCUT2D eigenvalue weighted by atomic mass is 9.97. The predicted octanol–water partition coefficient (Wildman–Crippen LogP) is 3.80. The van der Waals surface area contributed by atoms with Crippen LogP contribution in [0, 0.1) is 5.92 Å². The summed E-state index contributed by atoms with van der Waals surface area (Å²) in [5.74, 6) is 1.40. The molecule has 2 aliphatic rings. The Kier molecular flexibility index (Phi) is 5.79. The summed E-state index contributed by atoms with van der Waals surface area (Å²) in [6.07, 6.45) is 7.42. The summed E-state index contributed by atoms with van der Waals surface area (Å²) in [6, 6.07) is 8.37. The summed E-state index contributed by atoms with van der Waals surface area (Å²) in [5.41, 5.74) is 2.27. The minimum atomic E-state index is 0.165. The van der Waals surface area contributed by atoms with Gasteiger partial charge in [0.2, 0.25) is 5.91 Å². The van der Waals surface area contributed by atoms with Gasteiger partial charge in [-0.3, -0.25) is 4.79 Å². The van der Waals surface area contributed by atoms with Gasteiger partial charge in [-0.05, 0) is 56.5 Å². The van der Waals surface area contributed by atoms with Gasteiger partial charge in [0.05, 0.1) is 0 Å². The Labute approximate surface area is 137 Å². The van der Waals surface area contributed by atoms with Crippen molar-refractivity contribution in [3.63, 3.8) is 0 Å². The molecule has 120 valence electrons. The van der Waals surface area contributed by atoms with Crippen LogP contribution in [0.25, 0.3) is 0 Å². The summed E-state index contributed by atoms with van der Waals surface area (Å²) in [7, 11) is 0. The summed E-state index contributed by atoms with van der Waals surface area (Å²) in [6.45, 7) is 1.91. The van der Waals surface area contributed by atoms with Crippen molar-refractivity contribution in [1.29, 1.82) is 0 Å². The van der Waals surface area contributed by atoms with E-state index in [0.717, 1.165) is 42.6 Å². The molecule has 0 atom stereocenters. The fourth-order valence-corrected chi connectivity index (χ4v) is 4.61. The number of benzene rings is 1. The largest absolute Gasteiger partial charge is 0.326 e. The minimum absolute atomic E-state index is 0.165. The molecule has 1 aliphatic carbocycles. The second-order valence-corrected chi connectivity index (χ2v) is 7.72. The van der Waals surface area contributed by atoms with Crippen LogP contribution in [0.1, 0.15) is 44.1 Å². The Morgan fingerprint density at radius 3 is 2.73 bits per heavy atom. The number of nitrogens with one attached hydrogen (secondary N) is 2. The molecule has 3 rings (SSSR count). The summed E-state index contributed by atoms with van der Waals surface area (Å²) in [5, 5.41) is 7.25. The number of thioether (sulfide) groups is 1. The molecule has 0 aromatic heterocycles. The zero-order valence-corrected chi connectivity index (χ0v) is 14.0. The number of carbonyl (C=O) groups is 1. The number of amides is 1. The van der Waals surface area contributed by atoms with Gasteiger partial charge in [0.1, 0.15) is 0 Å². The topological polar surface area (TPSA) is 41.1 Å². The number of hydrogen-bond donors (Lipinski definition) is 2. The molecule has 0 unspecified atom stereocenters. The monoisotopic (exact) mass is 318 g/mol. The van der Waals surface area contributed by atoms with E-state index >= 15 is 0 Å². The molecule has 2 fully saturated rings. The molecule has 1 heterocycles. The van der Waals surface area contributed by atoms with Crippen LogP contribution in [0.4, 0.5) is 5.69 Å². The highest BCUT2D eigenvalue weighted by molar-refractivity contribution is 7.99. The third kappa shape index (κ3) is 4.50. The van der Waals surface area contributed by atoms with Gasteiger partial charge < -0.3 is 10.6 Å². The Morgan fingerprint density at radius 2 is 1.95 bits per heavy atom. The van der Waals surface area contributed by atoms with E-state index in [1.165, 1.54) is 31.2 Å². The molecule has 4 heteroatoms. The number of anilines is 1. The number of hydrogen-bond acceptors (Lipinski definition) is 3. The molecule has 0 radical (unpaired) electrons. The van der Waals surface area contributed by atoms with Gasteiger partial charge in [-0.15, -0.1) is 0 Å². The van der Waals surface area contributed by atoms with E-state index < -0.39 is 0 Å². The van der Waals surface area contributed by atoms with Crippen molar-refractivity contribution < 1.29 is 4.79 Å². The molecule has 1 aromatic carbocycles. The zero-order chi connectivity index (χ0) is 15.2. The van der Waals surface area contributed by atoms with E-state index in [0.29, 0.717) is 0 Å². The van der Waals surface area contributed by atoms with Crippen LogP contribution in [0.2, 0.25) is 0 Å². The predicted molar refractivity (Wildman–Crippen MR) is 94.2 cm³/mol. The summed E-state index contributed by atoms with van der Waals surface area (Å²) >= 11 is 2.07. The maximum absolute atomic E-state index is 12.3. The maximum Gasteiger partial charge on any atom is 0.227 e. The summed E-state index contributed by atoms with van der Waals surface area (Å²) in [4.78, 5) is 12.3. The van der Waals surface area contributed by atoms with Crippen molar-refractivity contribution >= 4 is 23.4 Å². The minimum Gasteiger partial charge on any atom is -0.326 e. The molecule has 1 aliphatic heterocycles. The van der Waals surface area contributed by atoms with Gasteiger partial charge in [-0.2, -0.15) is 11.8 Å². The molecule has 1 aromatic rings. The maximum atomic E-state index is 12.3. The van der Waals surface area contributed by atoms with Crippen molar-refractivity contribution in [2.45, 2.75) is 49.5 Å². The van der Waals surface area contributed by atoms with Crippen molar-refractivity contribution in [1.82, 2.24) is 5.32 Å². The Morgan fingerprint density at radius 1 is 1.18 bits per heavy atom. The van der Waals surface area contributed by atoms with Crippen LogP contribution >= 0.6 is 11.8 Å². The van der Waals surface area contributed by atoms with Crippen LogP contribution in [0.15, 0.2) is 24.3 Å². The molecule has 1 saturated heterocycles. The Bertz CT molecular complexity index is 494. The first-order chi connectivity index (χ1) is 10.8. The molecule has 1 saturated carbocycles. The zero-order valence-electron chi connectivity index (χ0n) is 13.1. The van der Waals surface area contributed by atoms with Gasteiger partial charge in [-0.25, -0.2) is 0 Å². The van der Waals surface area contributed by atoms with Crippen molar-refractivity contribution in [2.75, 3.05) is 18.4 Å². The molecule has 0 spiro atoms. The SMILES string of the molecule is O=C(Nc1cccc(CSC2CCCC2)c1)C1CCNCC1. The Balaban J connectivity index is 1.52. The van der Waals surface area contributed by atoms with Crippen LogP contribution in [0.5, 0.6) is 0 Å². The second kappa shape index (κ2) is 8.02. The second-order valence-electron chi connectivity index (χ2n) is 6.43. The average molecular weight is 318 g/mol. The van der Waals surface area contributed by atoms with Gasteiger partial charge in [0.15, 0.2) is 0 Å². The number of rotatable bonds is 5.